The molecule has 0 aliphatic heterocycles. The van der Waals surface area contributed by atoms with E-state index in [4.69, 9.17) is 0 Å². The summed E-state index contributed by atoms with van der Waals surface area (Å²) in [7, 11) is 0. The van der Waals surface area contributed by atoms with Crippen LogP contribution >= 0.6 is 0 Å². The molecule has 1 aromatic heterocycles. The van der Waals surface area contributed by atoms with Gasteiger partial charge in [0.25, 0.3) is 0 Å². The zero-order chi connectivity index (χ0) is 8.55. The average molecular weight is 180 g/mol. The fourth-order valence-corrected chi connectivity index (χ4v) is 1.70. The van der Waals surface area contributed by atoms with Gasteiger partial charge in [-0.1, -0.05) is 18.2 Å². The van der Waals surface area contributed by atoms with Crippen LogP contribution in [0.3, 0.4) is 0 Å². The molecule has 0 amide bonds. The molecular weight excluding hydrogens is 174 g/mol. The predicted molar refractivity (Wildman–Crippen MR) is 45.5 cm³/mol. The van der Waals surface area contributed by atoms with Crippen molar-refractivity contribution in [1.82, 2.24) is 4.98 Å². The van der Waals surface area contributed by atoms with Gasteiger partial charge in [-0.2, -0.15) is 0 Å². The van der Waals surface area contributed by atoms with Crippen LogP contribution in [0.2, 0.25) is 0 Å². The van der Waals surface area contributed by atoms with E-state index in [1.165, 1.54) is 6.20 Å². The highest BCUT2D eigenvalue weighted by atomic mass is 32.2. The Morgan fingerprint density at radius 2 is 2.08 bits per heavy atom. The summed E-state index contributed by atoms with van der Waals surface area (Å²) < 4.78 is 21.3. The zero-order valence-corrected chi connectivity index (χ0v) is 6.93. The quantitative estimate of drug-likeness (QED) is 0.674. The number of rotatable bonds is 1. The molecule has 0 radical (unpaired) electrons. The first-order valence-corrected chi connectivity index (χ1v) is 4.52. The standard InChI is InChI=1S/C8H7NO2S/c10-12(11)8-5-9-7-4-2-1-3-6(7)8/h1-5,9H,(H,10,11)/p-1. The molecule has 0 bridgehead atoms. The second kappa shape index (κ2) is 2.73. The Morgan fingerprint density at radius 1 is 1.33 bits per heavy atom. The van der Waals surface area contributed by atoms with E-state index in [1.807, 2.05) is 18.2 Å². The van der Waals surface area contributed by atoms with Crippen molar-refractivity contribution < 1.29 is 8.76 Å². The number of fused-ring (bicyclic) bond motifs is 1. The first-order valence-electron chi connectivity index (χ1n) is 3.44. The van der Waals surface area contributed by atoms with Gasteiger partial charge in [0, 0.05) is 17.1 Å². The third-order valence-electron chi connectivity index (χ3n) is 1.73. The highest BCUT2D eigenvalue weighted by Crippen LogP contribution is 2.19. The molecule has 2 rings (SSSR count). The summed E-state index contributed by atoms with van der Waals surface area (Å²) in [5.74, 6) is 0. The van der Waals surface area contributed by atoms with Crippen molar-refractivity contribution in [2.24, 2.45) is 0 Å². The Morgan fingerprint density at radius 3 is 2.83 bits per heavy atom. The van der Waals surface area contributed by atoms with Gasteiger partial charge in [0.1, 0.15) is 0 Å². The lowest BCUT2D eigenvalue weighted by Crippen LogP contribution is -1.84. The maximum absolute atomic E-state index is 10.7. The third kappa shape index (κ3) is 1.05. The van der Waals surface area contributed by atoms with Gasteiger partial charge in [-0.05, 0) is 17.1 Å². The topological polar surface area (TPSA) is 55.9 Å². The van der Waals surface area contributed by atoms with Crippen molar-refractivity contribution in [2.75, 3.05) is 0 Å². The Balaban J connectivity index is 2.79. The molecule has 1 N–H and O–H groups in total. The lowest BCUT2D eigenvalue weighted by molar-refractivity contribution is 0.538. The van der Waals surface area contributed by atoms with Crippen LogP contribution in [0.4, 0.5) is 0 Å². The third-order valence-corrected chi connectivity index (χ3v) is 2.43. The molecule has 2 aromatic rings. The van der Waals surface area contributed by atoms with Crippen LogP contribution in [-0.4, -0.2) is 13.7 Å². The van der Waals surface area contributed by atoms with Crippen LogP contribution < -0.4 is 0 Å². The summed E-state index contributed by atoms with van der Waals surface area (Å²) in [6.45, 7) is 0. The van der Waals surface area contributed by atoms with Gasteiger partial charge in [-0.3, -0.25) is 4.21 Å². The Bertz CT molecular complexity index is 435. The smallest absolute Gasteiger partial charge is 0.0502 e. The van der Waals surface area contributed by atoms with Crippen LogP contribution in [0.15, 0.2) is 35.4 Å². The molecule has 0 aliphatic carbocycles. The molecule has 4 heteroatoms. The average Bonchev–Trinajstić information content (AvgIpc) is 2.47. The fraction of sp³-hybridized carbons (Fsp3) is 0. The van der Waals surface area contributed by atoms with Crippen molar-refractivity contribution in [2.45, 2.75) is 4.90 Å². The van der Waals surface area contributed by atoms with E-state index in [1.54, 1.807) is 6.07 Å². The van der Waals surface area contributed by atoms with Crippen molar-refractivity contribution >= 4 is 22.0 Å². The van der Waals surface area contributed by atoms with Gasteiger partial charge in [-0.15, -0.1) is 0 Å². The second-order valence-corrected chi connectivity index (χ2v) is 3.34. The van der Waals surface area contributed by atoms with Crippen LogP contribution in [0.5, 0.6) is 0 Å². The van der Waals surface area contributed by atoms with Crippen LogP contribution in [0.25, 0.3) is 10.9 Å². The maximum atomic E-state index is 10.7. The van der Waals surface area contributed by atoms with E-state index in [-0.39, 0.29) is 0 Å². The number of aromatic amines is 1. The molecule has 1 aromatic carbocycles. The second-order valence-electron chi connectivity index (χ2n) is 2.43. The summed E-state index contributed by atoms with van der Waals surface area (Å²) in [6.07, 6.45) is 1.49. The molecule has 1 atom stereocenters. The van der Waals surface area contributed by atoms with E-state index in [0.717, 1.165) is 10.9 Å². The van der Waals surface area contributed by atoms with E-state index in [9.17, 15) is 8.76 Å². The van der Waals surface area contributed by atoms with Gasteiger partial charge in [0.15, 0.2) is 0 Å². The molecule has 0 saturated heterocycles. The van der Waals surface area contributed by atoms with Gasteiger partial charge < -0.3 is 9.54 Å². The zero-order valence-electron chi connectivity index (χ0n) is 6.11. The summed E-state index contributed by atoms with van der Waals surface area (Å²) in [6, 6.07) is 7.28. The van der Waals surface area contributed by atoms with Crippen molar-refractivity contribution in [3.8, 4) is 0 Å². The molecular formula is C8H6NO2S-. The van der Waals surface area contributed by atoms with Crippen LogP contribution in [0, 0.1) is 0 Å². The Labute approximate surface area is 71.7 Å². The molecule has 12 heavy (non-hydrogen) atoms. The summed E-state index contributed by atoms with van der Waals surface area (Å²) in [5, 5.41) is 0.742. The number of H-pyrrole nitrogens is 1. The number of nitrogens with one attached hydrogen (secondary N) is 1. The van der Waals surface area contributed by atoms with E-state index < -0.39 is 11.1 Å². The number of para-hydroxylation sites is 1. The highest BCUT2D eigenvalue weighted by molar-refractivity contribution is 7.79. The minimum absolute atomic E-state index is 0.325. The predicted octanol–water partition coefficient (Wildman–Crippen LogP) is 1.41. The molecule has 0 aliphatic rings. The van der Waals surface area contributed by atoms with E-state index in [2.05, 4.69) is 4.98 Å². The molecule has 0 saturated carbocycles. The van der Waals surface area contributed by atoms with Crippen molar-refractivity contribution in [3.05, 3.63) is 30.5 Å². The number of hydrogen-bond acceptors (Lipinski definition) is 2. The number of aromatic nitrogens is 1. The SMILES string of the molecule is O=S([O-])c1c[nH]c2ccccc12. The Hall–Kier alpha value is -1.13. The minimum Gasteiger partial charge on any atom is -0.768 e. The monoisotopic (exact) mass is 180 g/mol. The maximum Gasteiger partial charge on any atom is 0.0502 e. The Kier molecular flexibility index (Phi) is 1.71. The lowest BCUT2D eigenvalue weighted by Gasteiger charge is -2.00. The summed E-state index contributed by atoms with van der Waals surface area (Å²) >= 11 is -2.15. The molecule has 0 spiro atoms. The normalized spacial score (nSPS) is 13.4. The molecule has 1 unspecified atom stereocenters. The van der Waals surface area contributed by atoms with Gasteiger partial charge in [-0.25, -0.2) is 0 Å². The van der Waals surface area contributed by atoms with Crippen molar-refractivity contribution in [3.63, 3.8) is 0 Å². The van der Waals surface area contributed by atoms with Crippen LogP contribution in [-0.2, 0) is 11.1 Å². The first-order chi connectivity index (χ1) is 5.79. The van der Waals surface area contributed by atoms with Crippen molar-refractivity contribution in [1.29, 1.82) is 0 Å². The largest absolute Gasteiger partial charge is 0.768 e. The molecule has 62 valence electrons. The highest BCUT2D eigenvalue weighted by Gasteiger charge is 2.01. The number of hydrogen-bond donors (Lipinski definition) is 1. The van der Waals surface area contributed by atoms with Gasteiger partial charge in [0.05, 0.1) is 4.90 Å². The fourth-order valence-electron chi connectivity index (χ4n) is 1.18. The minimum atomic E-state index is -2.15. The first kappa shape index (κ1) is 7.52. The molecule has 3 nitrogen and oxygen atoms in total. The molecule has 0 fully saturated rings. The van der Waals surface area contributed by atoms with E-state index in [0.29, 0.717) is 4.90 Å². The summed E-state index contributed by atoms with van der Waals surface area (Å²) in [5.41, 5.74) is 0.844. The lowest BCUT2D eigenvalue weighted by atomic mass is 10.2. The molecule has 1 heterocycles. The van der Waals surface area contributed by atoms with E-state index >= 15 is 0 Å². The number of benzene rings is 1. The van der Waals surface area contributed by atoms with Gasteiger partial charge >= 0.3 is 0 Å². The van der Waals surface area contributed by atoms with Crippen LogP contribution in [0.1, 0.15) is 0 Å². The summed E-state index contributed by atoms with van der Waals surface area (Å²) in [4.78, 5) is 3.20. The van der Waals surface area contributed by atoms with Gasteiger partial charge in [0.2, 0.25) is 0 Å².